The van der Waals surface area contributed by atoms with Gasteiger partial charge in [0.1, 0.15) is 23.3 Å². The number of benzene rings is 1. The minimum atomic E-state index is -3.98. The first-order chi connectivity index (χ1) is 16.7. The number of phosphoric ester groups is 1. The monoisotopic (exact) mass is 501 g/mol. The molecule has 12 nitrogen and oxygen atoms in total. The molecule has 1 unspecified atom stereocenters. The first kappa shape index (κ1) is 23.8. The van der Waals surface area contributed by atoms with Crippen LogP contribution >= 0.6 is 7.82 Å². The number of ether oxygens (including phenoxy) is 1. The van der Waals surface area contributed by atoms with Gasteiger partial charge < -0.3 is 20.7 Å². The number of aliphatic hydroxyl groups excluding tert-OH is 1. The average Bonchev–Trinajstić information content (AvgIpc) is 3.37. The van der Waals surface area contributed by atoms with Crippen molar-refractivity contribution in [1.29, 1.82) is 0 Å². The fourth-order valence-electron chi connectivity index (χ4n) is 4.24. The van der Waals surface area contributed by atoms with Gasteiger partial charge in [0.2, 0.25) is 0 Å². The maximum atomic E-state index is 13.1. The number of rotatable bonds is 5. The standard InChI is InChI=1S/C22H24N5O7P/c1-22(29)19(28)17(33-21(22)27-12-26-18-15(23)7-9-25-20(18)27)11-32-35(30)31-10-8-16(34-35)13-3-5-14(24-2)6-4-13/h3-7,9,12,16-17,19,21,28-29H,8,10-11H2,1H3,(H2,23,25)/t16-,17-,19-,21-,22-,35?/m1/s1. The predicted molar refractivity (Wildman–Crippen MR) is 123 cm³/mol. The van der Waals surface area contributed by atoms with Crippen LogP contribution in [0.15, 0.2) is 42.9 Å². The number of aliphatic hydroxyl groups is 2. The zero-order valence-corrected chi connectivity index (χ0v) is 19.6. The van der Waals surface area contributed by atoms with E-state index < -0.39 is 38.0 Å². The minimum Gasteiger partial charge on any atom is -0.397 e. The molecule has 2 saturated heterocycles. The number of nitrogens with two attached hydrogens (primary N) is 1. The molecule has 1 aromatic carbocycles. The second-order valence-electron chi connectivity index (χ2n) is 8.58. The number of phosphoric acid groups is 1. The maximum Gasteiger partial charge on any atom is 0.475 e. The van der Waals surface area contributed by atoms with Crippen LogP contribution in [0.25, 0.3) is 16.0 Å². The molecule has 2 fully saturated rings. The summed E-state index contributed by atoms with van der Waals surface area (Å²) in [5.74, 6) is 0. The third-order valence-electron chi connectivity index (χ3n) is 6.18. The van der Waals surface area contributed by atoms with E-state index in [9.17, 15) is 14.8 Å². The lowest BCUT2D eigenvalue weighted by Crippen LogP contribution is -2.44. The maximum absolute atomic E-state index is 13.1. The van der Waals surface area contributed by atoms with Crippen molar-refractivity contribution in [2.24, 2.45) is 0 Å². The van der Waals surface area contributed by atoms with E-state index in [0.29, 0.717) is 29.0 Å². The molecule has 0 bridgehead atoms. The van der Waals surface area contributed by atoms with Gasteiger partial charge in [-0.25, -0.2) is 19.4 Å². The molecule has 3 aromatic rings. The highest BCUT2D eigenvalue weighted by molar-refractivity contribution is 7.48. The van der Waals surface area contributed by atoms with Gasteiger partial charge >= 0.3 is 7.82 Å². The summed E-state index contributed by atoms with van der Waals surface area (Å²) in [6.07, 6.45) is -0.673. The van der Waals surface area contributed by atoms with Crippen molar-refractivity contribution in [3.8, 4) is 0 Å². The summed E-state index contributed by atoms with van der Waals surface area (Å²) < 4.78 is 37.0. The Bertz CT molecular complexity index is 1320. The van der Waals surface area contributed by atoms with E-state index in [1.54, 1.807) is 30.3 Å². The van der Waals surface area contributed by atoms with Gasteiger partial charge in [-0.1, -0.05) is 24.3 Å². The van der Waals surface area contributed by atoms with E-state index in [4.69, 9.17) is 30.6 Å². The van der Waals surface area contributed by atoms with Crippen LogP contribution in [0.3, 0.4) is 0 Å². The first-order valence-electron chi connectivity index (χ1n) is 10.9. The fraction of sp³-hybridized carbons (Fsp3) is 0.409. The lowest BCUT2D eigenvalue weighted by Gasteiger charge is -2.30. The smallest absolute Gasteiger partial charge is 0.397 e. The van der Waals surface area contributed by atoms with E-state index in [2.05, 4.69) is 14.8 Å². The number of fused-ring (bicyclic) bond motifs is 1. The Balaban J connectivity index is 1.29. The summed E-state index contributed by atoms with van der Waals surface area (Å²) in [4.78, 5) is 11.8. The Labute approximate surface area is 200 Å². The van der Waals surface area contributed by atoms with Crippen LogP contribution in [-0.4, -0.2) is 55.8 Å². The summed E-state index contributed by atoms with van der Waals surface area (Å²) >= 11 is 0. The molecule has 2 aliphatic rings. The van der Waals surface area contributed by atoms with Crippen molar-refractivity contribution in [1.82, 2.24) is 14.5 Å². The molecule has 0 aliphatic carbocycles. The Morgan fingerprint density at radius 3 is 2.86 bits per heavy atom. The van der Waals surface area contributed by atoms with Gasteiger partial charge in [0.15, 0.2) is 17.6 Å². The van der Waals surface area contributed by atoms with E-state index in [-0.39, 0.29) is 13.2 Å². The normalized spacial score (nSPS) is 33.1. The molecule has 184 valence electrons. The lowest BCUT2D eigenvalue weighted by molar-refractivity contribution is -0.0953. The molecule has 0 amide bonds. The molecule has 4 heterocycles. The van der Waals surface area contributed by atoms with E-state index in [1.165, 1.54) is 24.0 Å². The highest BCUT2D eigenvalue weighted by atomic mass is 31.2. The van der Waals surface area contributed by atoms with Crippen molar-refractivity contribution < 1.29 is 33.1 Å². The lowest BCUT2D eigenvalue weighted by atomic mass is 9.96. The van der Waals surface area contributed by atoms with Gasteiger partial charge in [-0.15, -0.1) is 0 Å². The molecular formula is C22H24N5O7P. The third kappa shape index (κ3) is 4.32. The van der Waals surface area contributed by atoms with Crippen LogP contribution in [0.2, 0.25) is 0 Å². The van der Waals surface area contributed by atoms with Crippen molar-refractivity contribution in [3.63, 3.8) is 0 Å². The summed E-state index contributed by atoms with van der Waals surface area (Å²) in [6.45, 7) is 8.24. The molecule has 0 saturated carbocycles. The largest absolute Gasteiger partial charge is 0.475 e. The topological polar surface area (TPSA) is 156 Å². The summed E-state index contributed by atoms with van der Waals surface area (Å²) in [6, 6.07) is 8.37. The SMILES string of the molecule is [C-]#[N+]c1ccc([C@H]2CCOP(=O)(OC[C@H]3O[C@@H](n4cnc5c(N)ccnc54)[C@](C)(O)[C@@H]3O)O2)cc1. The second kappa shape index (κ2) is 8.96. The number of nitrogens with zero attached hydrogens (tertiary/aromatic N) is 4. The Kier molecular flexibility index (Phi) is 6.11. The number of nitrogen functional groups attached to an aromatic ring is 1. The van der Waals surface area contributed by atoms with Gasteiger partial charge in [-0.2, -0.15) is 0 Å². The first-order valence-corrected chi connectivity index (χ1v) is 12.4. The zero-order valence-electron chi connectivity index (χ0n) is 18.7. The molecule has 5 rings (SSSR count). The molecule has 2 aromatic heterocycles. The third-order valence-corrected chi connectivity index (χ3v) is 7.65. The van der Waals surface area contributed by atoms with Gasteiger partial charge in [-0.3, -0.25) is 18.1 Å². The van der Waals surface area contributed by atoms with Crippen molar-refractivity contribution in [3.05, 3.63) is 59.8 Å². The summed E-state index contributed by atoms with van der Waals surface area (Å²) in [5.41, 5.74) is 6.64. The number of hydrogen-bond acceptors (Lipinski definition) is 10. The number of aromatic nitrogens is 3. The van der Waals surface area contributed by atoms with Crippen LogP contribution in [0.1, 0.15) is 31.2 Å². The van der Waals surface area contributed by atoms with E-state index >= 15 is 0 Å². The highest BCUT2D eigenvalue weighted by Gasteiger charge is 2.54. The highest BCUT2D eigenvalue weighted by Crippen LogP contribution is 2.57. The van der Waals surface area contributed by atoms with Crippen molar-refractivity contribution in [2.75, 3.05) is 18.9 Å². The van der Waals surface area contributed by atoms with Crippen molar-refractivity contribution >= 4 is 30.4 Å². The molecule has 0 radical (unpaired) electrons. The molecule has 35 heavy (non-hydrogen) atoms. The zero-order chi connectivity index (χ0) is 24.8. The molecule has 2 aliphatic heterocycles. The Hall–Kier alpha value is -2.88. The number of imidazole rings is 1. The van der Waals surface area contributed by atoms with Crippen LogP contribution in [0.4, 0.5) is 11.4 Å². The summed E-state index contributed by atoms with van der Waals surface area (Å²) in [7, 11) is -3.98. The number of hydrogen-bond donors (Lipinski definition) is 3. The predicted octanol–water partition coefficient (Wildman–Crippen LogP) is 2.88. The Morgan fingerprint density at radius 2 is 2.11 bits per heavy atom. The van der Waals surface area contributed by atoms with Gasteiger partial charge in [0.05, 0.1) is 37.9 Å². The minimum absolute atomic E-state index is 0.134. The number of anilines is 1. The Morgan fingerprint density at radius 1 is 1.34 bits per heavy atom. The molecule has 4 N–H and O–H groups in total. The van der Waals surface area contributed by atoms with Gasteiger partial charge in [-0.05, 0) is 18.6 Å². The van der Waals surface area contributed by atoms with Crippen LogP contribution in [0.5, 0.6) is 0 Å². The fourth-order valence-corrected chi connectivity index (χ4v) is 5.63. The molecular weight excluding hydrogens is 477 g/mol. The van der Waals surface area contributed by atoms with E-state index in [0.717, 1.165) is 5.56 Å². The molecule has 0 spiro atoms. The van der Waals surface area contributed by atoms with Gasteiger partial charge in [0.25, 0.3) is 0 Å². The van der Waals surface area contributed by atoms with Crippen molar-refractivity contribution in [2.45, 2.75) is 43.5 Å². The molecule has 6 atom stereocenters. The number of pyridine rings is 1. The van der Waals surface area contributed by atoms with Crippen LogP contribution in [0, 0.1) is 6.57 Å². The van der Waals surface area contributed by atoms with Crippen LogP contribution in [-0.2, 0) is 22.9 Å². The summed E-state index contributed by atoms with van der Waals surface area (Å²) in [5, 5.41) is 21.8. The van der Waals surface area contributed by atoms with E-state index in [1.807, 2.05) is 0 Å². The average molecular weight is 501 g/mol. The van der Waals surface area contributed by atoms with Crippen LogP contribution < -0.4 is 5.73 Å². The van der Waals surface area contributed by atoms with Gasteiger partial charge in [0, 0.05) is 12.6 Å². The molecule has 13 heteroatoms. The second-order valence-corrected chi connectivity index (χ2v) is 10.2. The quantitative estimate of drug-likeness (QED) is 0.351.